The molecule has 1 fully saturated rings. The molecule has 1 saturated carbocycles. The summed E-state index contributed by atoms with van der Waals surface area (Å²) in [7, 11) is 0. The fourth-order valence-electron chi connectivity index (χ4n) is 1.93. The molecule has 1 aliphatic rings. The molecule has 1 aliphatic carbocycles. The van der Waals surface area contributed by atoms with Crippen LogP contribution in [0.4, 0.5) is 0 Å². The summed E-state index contributed by atoms with van der Waals surface area (Å²) in [4.78, 5) is 22.4. The second-order valence-corrected chi connectivity index (χ2v) is 4.41. The summed E-state index contributed by atoms with van der Waals surface area (Å²) < 4.78 is 0. The summed E-state index contributed by atoms with van der Waals surface area (Å²) in [6, 6.07) is 10.3. The zero-order valence-corrected chi connectivity index (χ0v) is 11.3. The van der Waals surface area contributed by atoms with Gasteiger partial charge < -0.3 is 16.4 Å². The Morgan fingerprint density at radius 2 is 1.89 bits per heavy atom. The molecule has 0 radical (unpaired) electrons. The summed E-state index contributed by atoms with van der Waals surface area (Å²) in [5, 5.41) is 5.33. The highest BCUT2D eigenvalue weighted by atomic mass is 35.5. The predicted molar refractivity (Wildman–Crippen MR) is 75.0 cm³/mol. The van der Waals surface area contributed by atoms with Crippen LogP contribution in [0.2, 0.25) is 0 Å². The Bertz CT molecular complexity index is 439. The van der Waals surface area contributed by atoms with Crippen LogP contribution >= 0.6 is 12.4 Å². The molecule has 2 amide bonds. The normalized spacial score (nSPS) is 20.1. The molecule has 0 aliphatic heterocycles. The van der Waals surface area contributed by atoms with E-state index in [1.54, 1.807) is 0 Å². The topological polar surface area (TPSA) is 84.2 Å². The zero-order chi connectivity index (χ0) is 13.0. The van der Waals surface area contributed by atoms with Crippen LogP contribution in [-0.2, 0) is 9.59 Å². The first-order chi connectivity index (χ1) is 8.70. The minimum atomic E-state index is -0.319. The molecule has 0 saturated heterocycles. The standard InChI is InChI=1S/C13H17N3O2.ClH/c14-7-12(17)15-8-13(18)16-11-6-10(11)9-4-2-1-3-5-9;/h1-5,10-11H,6-8,14H2,(H,15,17)(H,16,18);1H. The Kier molecular flexibility index (Phi) is 5.79. The van der Waals surface area contributed by atoms with Gasteiger partial charge in [0.2, 0.25) is 11.8 Å². The molecule has 1 aromatic rings. The third-order valence-electron chi connectivity index (χ3n) is 3.00. The van der Waals surface area contributed by atoms with Gasteiger partial charge in [0.05, 0.1) is 13.1 Å². The molecule has 0 heterocycles. The Balaban J connectivity index is 0.00000180. The van der Waals surface area contributed by atoms with Gasteiger partial charge in [0.15, 0.2) is 0 Å². The number of nitrogens with one attached hydrogen (secondary N) is 2. The Labute approximate surface area is 118 Å². The van der Waals surface area contributed by atoms with E-state index in [0.717, 1.165) is 6.42 Å². The molecule has 4 N–H and O–H groups in total. The maximum atomic E-state index is 11.5. The van der Waals surface area contributed by atoms with Crippen molar-refractivity contribution in [1.29, 1.82) is 0 Å². The number of nitrogens with two attached hydrogens (primary N) is 1. The lowest BCUT2D eigenvalue weighted by atomic mass is 10.1. The number of carbonyl (C=O) groups is 2. The van der Waals surface area contributed by atoms with Crippen LogP contribution in [0.3, 0.4) is 0 Å². The quantitative estimate of drug-likeness (QED) is 0.719. The van der Waals surface area contributed by atoms with E-state index < -0.39 is 0 Å². The maximum Gasteiger partial charge on any atom is 0.239 e. The minimum absolute atomic E-state index is 0. The van der Waals surface area contributed by atoms with Crippen molar-refractivity contribution in [2.24, 2.45) is 5.73 Å². The minimum Gasteiger partial charge on any atom is -0.351 e. The van der Waals surface area contributed by atoms with E-state index in [1.807, 2.05) is 18.2 Å². The molecule has 1 aromatic carbocycles. The number of halogens is 1. The van der Waals surface area contributed by atoms with Crippen molar-refractivity contribution in [2.75, 3.05) is 13.1 Å². The zero-order valence-electron chi connectivity index (χ0n) is 10.5. The molecular formula is C13H18ClN3O2. The van der Waals surface area contributed by atoms with E-state index >= 15 is 0 Å². The van der Waals surface area contributed by atoms with Gasteiger partial charge in [-0.1, -0.05) is 30.3 Å². The summed E-state index contributed by atoms with van der Waals surface area (Å²) in [6.07, 6.45) is 0.959. The van der Waals surface area contributed by atoms with Crippen LogP contribution in [0.5, 0.6) is 0 Å². The van der Waals surface area contributed by atoms with Gasteiger partial charge in [0.25, 0.3) is 0 Å². The van der Waals surface area contributed by atoms with Crippen molar-refractivity contribution in [1.82, 2.24) is 10.6 Å². The van der Waals surface area contributed by atoms with Gasteiger partial charge in [-0.05, 0) is 12.0 Å². The number of amides is 2. The van der Waals surface area contributed by atoms with Crippen molar-refractivity contribution in [2.45, 2.75) is 18.4 Å². The predicted octanol–water partition coefficient (Wildman–Crippen LogP) is 0.155. The summed E-state index contributed by atoms with van der Waals surface area (Å²) >= 11 is 0. The molecule has 0 spiro atoms. The van der Waals surface area contributed by atoms with E-state index in [4.69, 9.17) is 5.73 Å². The lowest BCUT2D eigenvalue weighted by molar-refractivity contribution is -0.125. The fraction of sp³-hybridized carbons (Fsp3) is 0.385. The number of rotatable bonds is 5. The van der Waals surface area contributed by atoms with Crippen LogP contribution in [0.1, 0.15) is 17.9 Å². The van der Waals surface area contributed by atoms with E-state index in [0.29, 0.717) is 5.92 Å². The highest BCUT2D eigenvalue weighted by molar-refractivity contribution is 5.86. The second kappa shape index (κ2) is 7.11. The van der Waals surface area contributed by atoms with Crippen molar-refractivity contribution in [3.8, 4) is 0 Å². The largest absolute Gasteiger partial charge is 0.351 e. The van der Waals surface area contributed by atoms with Crippen molar-refractivity contribution >= 4 is 24.2 Å². The molecule has 6 heteroatoms. The third kappa shape index (κ3) is 4.54. The van der Waals surface area contributed by atoms with Crippen LogP contribution in [0, 0.1) is 0 Å². The van der Waals surface area contributed by atoms with Gasteiger partial charge in [-0.15, -0.1) is 12.4 Å². The molecule has 0 aromatic heterocycles. The first-order valence-corrected chi connectivity index (χ1v) is 6.02. The summed E-state index contributed by atoms with van der Waals surface area (Å²) in [5.74, 6) is -0.0823. The van der Waals surface area contributed by atoms with Crippen molar-refractivity contribution < 1.29 is 9.59 Å². The molecule has 104 valence electrons. The fourth-order valence-corrected chi connectivity index (χ4v) is 1.93. The molecule has 19 heavy (non-hydrogen) atoms. The van der Waals surface area contributed by atoms with Crippen molar-refractivity contribution in [3.05, 3.63) is 35.9 Å². The molecular weight excluding hydrogens is 266 g/mol. The SMILES string of the molecule is Cl.NCC(=O)NCC(=O)NC1CC1c1ccccc1. The van der Waals surface area contributed by atoms with Crippen molar-refractivity contribution in [3.63, 3.8) is 0 Å². The van der Waals surface area contributed by atoms with Crippen LogP contribution in [0.15, 0.2) is 30.3 Å². The second-order valence-electron chi connectivity index (χ2n) is 4.41. The van der Waals surface area contributed by atoms with E-state index in [9.17, 15) is 9.59 Å². The van der Waals surface area contributed by atoms with Gasteiger partial charge in [0, 0.05) is 12.0 Å². The average molecular weight is 284 g/mol. The van der Waals surface area contributed by atoms with Gasteiger partial charge in [-0.2, -0.15) is 0 Å². The Hall–Kier alpha value is -1.59. The van der Waals surface area contributed by atoms with Gasteiger partial charge in [-0.3, -0.25) is 9.59 Å². The van der Waals surface area contributed by atoms with Crippen LogP contribution in [-0.4, -0.2) is 30.9 Å². The van der Waals surface area contributed by atoms with Gasteiger partial charge >= 0.3 is 0 Å². The molecule has 0 bridgehead atoms. The molecule has 5 nitrogen and oxygen atoms in total. The highest BCUT2D eigenvalue weighted by Crippen LogP contribution is 2.40. The highest BCUT2D eigenvalue weighted by Gasteiger charge is 2.39. The number of hydrogen-bond acceptors (Lipinski definition) is 3. The first kappa shape index (κ1) is 15.5. The van der Waals surface area contributed by atoms with E-state index in [1.165, 1.54) is 5.56 Å². The van der Waals surface area contributed by atoms with Gasteiger partial charge in [-0.25, -0.2) is 0 Å². The lowest BCUT2D eigenvalue weighted by Crippen LogP contribution is -2.40. The van der Waals surface area contributed by atoms with Crippen LogP contribution < -0.4 is 16.4 Å². The monoisotopic (exact) mass is 283 g/mol. The van der Waals surface area contributed by atoms with E-state index in [-0.39, 0.29) is 43.4 Å². The number of carbonyl (C=O) groups excluding carboxylic acids is 2. The first-order valence-electron chi connectivity index (χ1n) is 6.02. The average Bonchev–Trinajstić information content (AvgIpc) is 3.16. The number of benzene rings is 1. The number of hydrogen-bond donors (Lipinski definition) is 3. The Morgan fingerprint density at radius 1 is 1.21 bits per heavy atom. The van der Waals surface area contributed by atoms with Gasteiger partial charge in [0.1, 0.15) is 0 Å². The molecule has 2 atom stereocenters. The smallest absolute Gasteiger partial charge is 0.239 e. The van der Waals surface area contributed by atoms with E-state index in [2.05, 4.69) is 22.8 Å². The molecule has 2 unspecified atom stereocenters. The summed E-state index contributed by atoms with van der Waals surface area (Å²) in [6.45, 7) is -0.0998. The van der Waals surface area contributed by atoms with Crippen LogP contribution in [0.25, 0.3) is 0 Å². The molecule has 2 rings (SSSR count). The lowest BCUT2D eigenvalue weighted by Gasteiger charge is -2.05. The third-order valence-corrected chi connectivity index (χ3v) is 3.00. The Morgan fingerprint density at radius 3 is 2.53 bits per heavy atom. The maximum absolute atomic E-state index is 11.5. The summed E-state index contributed by atoms with van der Waals surface area (Å²) in [5.41, 5.74) is 6.37.